The first-order valence-corrected chi connectivity index (χ1v) is 12.8. The molecule has 0 amide bonds. The molecular formula is C26H19N5O2S2. The van der Waals surface area contributed by atoms with Crippen molar-refractivity contribution in [3.05, 3.63) is 100 Å². The van der Waals surface area contributed by atoms with E-state index in [9.17, 15) is 4.79 Å². The van der Waals surface area contributed by atoms with E-state index >= 15 is 0 Å². The number of aromatic nitrogens is 5. The smallest absolute Gasteiger partial charge is 0.267 e. The molecule has 6 aromatic rings. The molecule has 0 spiro atoms. The van der Waals surface area contributed by atoms with Crippen LogP contribution in [0.5, 0.6) is 5.75 Å². The number of para-hydroxylation sites is 1. The van der Waals surface area contributed by atoms with Crippen LogP contribution in [0.1, 0.15) is 5.69 Å². The second-order valence-electron chi connectivity index (χ2n) is 7.78. The van der Waals surface area contributed by atoms with Crippen molar-refractivity contribution in [1.29, 1.82) is 0 Å². The Kier molecular flexibility index (Phi) is 5.55. The third-order valence-corrected chi connectivity index (χ3v) is 7.53. The zero-order chi connectivity index (χ0) is 23.8. The van der Waals surface area contributed by atoms with Gasteiger partial charge in [0.25, 0.3) is 5.56 Å². The average Bonchev–Trinajstić information content (AvgIpc) is 3.56. The quantitative estimate of drug-likeness (QED) is 0.285. The Labute approximate surface area is 208 Å². The Balaban J connectivity index is 1.43. The van der Waals surface area contributed by atoms with E-state index in [2.05, 4.69) is 27.7 Å². The number of thiazole rings is 1. The maximum absolute atomic E-state index is 13.5. The molecule has 7 nitrogen and oxygen atoms in total. The molecule has 3 aromatic carbocycles. The zero-order valence-corrected chi connectivity index (χ0v) is 20.3. The highest BCUT2D eigenvalue weighted by Gasteiger charge is 2.18. The highest BCUT2D eigenvalue weighted by atomic mass is 32.2. The predicted octanol–water partition coefficient (Wildman–Crippen LogP) is 5.46. The Bertz CT molecular complexity index is 1720. The highest BCUT2D eigenvalue weighted by Crippen LogP contribution is 2.29. The van der Waals surface area contributed by atoms with Gasteiger partial charge in [0, 0.05) is 22.8 Å². The largest absolute Gasteiger partial charge is 0.497 e. The third-order valence-electron chi connectivity index (χ3n) is 5.63. The first-order valence-electron chi connectivity index (χ1n) is 10.9. The molecule has 3 aromatic heterocycles. The Morgan fingerprint density at radius 3 is 2.66 bits per heavy atom. The fourth-order valence-corrected chi connectivity index (χ4v) is 5.74. The number of rotatable bonds is 6. The summed E-state index contributed by atoms with van der Waals surface area (Å²) in [6.07, 6.45) is 0. The lowest BCUT2D eigenvalue weighted by molar-refractivity contribution is 0.414. The van der Waals surface area contributed by atoms with Crippen LogP contribution in [0.25, 0.3) is 32.9 Å². The molecule has 0 aliphatic carbocycles. The molecule has 0 fully saturated rings. The van der Waals surface area contributed by atoms with Gasteiger partial charge in [-0.1, -0.05) is 60.3 Å². The Morgan fingerprint density at radius 1 is 0.971 bits per heavy atom. The highest BCUT2D eigenvalue weighted by molar-refractivity contribution is 7.98. The molecule has 0 N–H and O–H groups in total. The van der Waals surface area contributed by atoms with Gasteiger partial charge in [-0.05, 0) is 24.3 Å². The van der Waals surface area contributed by atoms with Crippen LogP contribution in [0.2, 0.25) is 0 Å². The van der Waals surface area contributed by atoms with Crippen LogP contribution < -0.4 is 10.3 Å². The maximum Gasteiger partial charge on any atom is 0.267 e. The standard InChI is InChI=1S/C26H19N5O2S2/c1-33-20-11-7-10-19(14-20)30-24(32)21-12-5-6-13-22(21)31-25(30)28-29-26(31)35-16-18-15-34-23(27-18)17-8-3-2-4-9-17/h2-15H,16H2,1H3. The van der Waals surface area contributed by atoms with E-state index in [1.54, 1.807) is 34.8 Å². The topological polar surface area (TPSA) is 74.3 Å². The minimum atomic E-state index is -0.155. The van der Waals surface area contributed by atoms with E-state index < -0.39 is 0 Å². The normalized spacial score (nSPS) is 11.3. The van der Waals surface area contributed by atoms with Gasteiger partial charge in [-0.2, -0.15) is 0 Å². The van der Waals surface area contributed by atoms with E-state index in [1.165, 1.54) is 0 Å². The molecule has 35 heavy (non-hydrogen) atoms. The summed E-state index contributed by atoms with van der Waals surface area (Å²) in [5.74, 6) is 1.75. The van der Waals surface area contributed by atoms with Gasteiger partial charge in [-0.15, -0.1) is 21.5 Å². The summed E-state index contributed by atoms with van der Waals surface area (Å²) < 4.78 is 8.89. The summed E-state index contributed by atoms with van der Waals surface area (Å²) in [5.41, 5.74) is 3.36. The minimum Gasteiger partial charge on any atom is -0.497 e. The van der Waals surface area contributed by atoms with Crippen LogP contribution in [-0.4, -0.2) is 31.3 Å². The van der Waals surface area contributed by atoms with Gasteiger partial charge in [-0.3, -0.25) is 9.20 Å². The van der Waals surface area contributed by atoms with Crippen LogP contribution >= 0.6 is 23.1 Å². The van der Waals surface area contributed by atoms with E-state index in [-0.39, 0.29) is 5.56 Å². The van der Waals surface area contributed by atoms with Crippen molar-refractivity contribution >= 4 is 39.8 Å². The summed E-state index contributed by atoms with van der Waals surface area (Å²) in [6.45, 7) is 0. The number of methoxy groups -OCH3 is 1. The van der Waals surface area contributed by atoms with Gasteiger partial charge in [0.1, 0.15) is 10.8 Å². The van der Waals surface area contributed by atoms with Crippen LogP contribution in [0.15, 0.2) is 94.2 Å². The lowest BCUT2D eigenvalue weighted by Gasteiger charge is -2.12. The fourth-order valence-electron chi connectivity index (χ4n) is 3.98. The average molecular weight is 498 g/mol. The molecule has 0 atom stereocenters. The Hall–Kier alpha value is -3.95. The number of nitrogens with zero attached hydrogens (tertiary/aromatic N) is 5. The summed E-state index contributed by atoms with van der Waals surface area (Å²) in [7, 11) is 1.60. The number of benzene rings is 3. The predicted molar refractivity (Wildman–Crippen MR) is 140 cm³/mol. The van der Waals surface area contributed by atoms with E-state index in [4.69, 9.17) is 9.72 Å². The monoisotopic (exact) mass is 497 g/mol. The summed E-state index contributed by atoms with van der Waals surface area (Å²) in [5, 5.41) is 13.2. The van der Waals surface area contributed by atoms with Crippen molar-refractivity contribution in [2.24, 2.45) is 0 Å². The summed E-state index contributed by atoms with van der Waals surface area (Å²) in [6, 6.07) is 25.1. The lowest BCUT2D eigenvalue weighted by Crippen LogP contribution is -2.21. The molecule has 9 heteroatoms. The van der Waals surface area contributed by atoms with Gasteiger partial charge < -0.3 is 4.74 Å². The van der Waals surface area contributed by atoms with E-state index in [0.717, 1.165) is 21.8 Å². The second kappa shape index (κ2) is 9.01. The van der Waals surface area contributed by atoms with Gasteiger partial charge in [0.2, 0.25) is 5.78 Å². The molecule has 0 bridgehead atoms. The van der Waals surface area contributed by atoms with Crippen molar-refractivity contribution in [1.82, 2.24) is 24.1 Å². The van der Waals surface area contributed by atoms with Gasteiger partial charge in [-0.25, -0.2) is 9.55 Å². The molecule has 3 heterocycles. The third kappa shape index (κ3) is 3.88. The van der Waals surface area contributed by atoms with Gasteiger partial charge >= 0.3 is 0 Å². The summed E-state index contributed by atoms with van der Waals surface area (Å²) in [4.78, 5) is 18.3. The van der Waals surface area contributed by atoms with Gasteiger partial charge in [0.05, 0.1) is 29.4 Å². The number of fused-ring (bicyclic) bond motifs is 3. The molecule has 0 unspecified atom stereocenters. The van der Waals surface area contributed by atoms with Gasteiger partial charge in [0.15, 0.2) is 5.16 Å². The lowest BCUT2D eigenvalue weighted by atomic mass is 10.2. The van der Waals surface area contributed by atoms with Crippen molar-refractivity contribution in [3.8, 4) is 22.0 Å². The molecule has 0 aliphatic heterocycles. The number of hydrogen-bond donors (Lipinski definition) is 0. The van der Waals surface area contributed by atoms with E-state index in [0.29, 0.717) is 33.5 Å². The van der Waals surface area contributed by atoms with Crippen LogP contribution in [-0.2, 0) is 5.75 Å². The SMILES string of the molecule is COc1cccc(-n2c(=O)c3ccccc3n3c(SCc4csc(-c5ccccc5)n4)nnc23)c1. The van der Waals surface area contributed by atoms with Crippen molar-refractivity contribution in [2.75, 3.05) is 7.11 Å². The molecule has 172 valence electrons. The van der Waals surface area contributed by atoms with Crippen LogP contribution in [0, 0.1) is 0 Å². The molecule has 0 saturated heterocycles. The molecular weight excluding hydrogens is 478 g/mol. The first-order chi connectivity index (χ1) is 17.2. The maximum atomic E-state index is 13.5. The molecule has 0 aliphatic rings. The second-order valence-corrected chi connectivity index (χ2v) is 9.58. The van der Waals surface area contributed by atoms with Crippen LogP contribution in [0.3, 0.4) is 0 Å². The fraction of sp³-hybridized carbons (Fsp3) is 0.0769. The first kappa shape index (κ1) is 21.6. The molecule has 6 rings (SSSR count). The molecule has 0 radical (unpaired) electrons. The summed E-state index contributed by atoms with van der Waals surface area (Å²) >= 11 is 3.17. The molecule has 0 saturated carbocycles. The number of ether oxygens (including phenoxy) is 1. The zero-order valence-electron chi connectivity index (χ0n) is 18.7. The minimum absolute atomic E-state index is 0.155. The Morgan fingerprint density at radius 2 is 1.80 bits per heavy atom. The van der Waals surface area contributed by atoms with Crippen LogP contribution in [0.4, 0.5) is 0 Å². The number of hydrogen-bond acceptors (Lipinski definition) is 7. The van der Waals surface area contributed by atoms with Crippen molar-refractivity contribution < 1.29 is 4.74 Å². The van der Waals surface area contributed by atoms with Crippen molar-refractivity contribution in [3.63, 3.8) is 0 Å². The van der Waals surface area contributed by atoms with Crippen molar-refractivity contribution in [2.45, 2.75) is 10.9 Å². The van der Waals surface area contributed by atoms with E-state index in [1.807, 2.05) is 71.1 Å². The number of thioether (sulfide) groups is 1.